The predicted octanol–water partition coefficient (Wildman–Crippen LogP) is 0.846. The Hall–Kier alpha value is -1.42. The van der Waals surface area contributed by atoms with Crippen molar-refractivity contribution in [2.45, 2.75) is 13.3 Å². The Balaban J connectivity index is 2.32. The monoisotopic (exact) mass is 205 g/mol. The number of aromatic nitrogens is 1. The van der Waals surface area contributed by atoms with Crippen LogP contribution in [0.3, 0.4) is 0 Å². The zero-order valence-corrected chi connectivity index (χ0v) is 8.79. The number of nitrogens with one attached hydrogen (secondary N) is 1. The number of hydrogen-bond donors (Lipinski definition) is 2. The van der Waals surface area contributed by atoms with Crippen LogP contribution in [0.15, 0.2) is 18.5 Å². The zero-order valence-electron chi connectivity index (χ0n) is 8.79. The minimum atomic E-state index is -0.322. The van der Waals surface area contributed by atoms with Crippen LogP contribution in [0.4, 0.5) is 5.69 Å². The van der Waals surface area contributed by atoms with Crippen LogP contribution in [0.25, 0.3) is 0 Å². The molecule has 15 heavy (non-hydrogen) atoms. The lowest BCUT2D eigenvalue weighted by molar-refractivity contribution is 0.0840. The number of nitrogens with zero attached hydrogens (tertiary/aromatic N) is 1. The number of pyridine rings is 1. The van der Waals surface area contributed by atoms with Crippen LogP contribution in [-0.4, -0.2) is 23.9 Å². The molecule has 0 radical (unpaired) electrons. The van der Waals surface area contributed by atoms with E-state index in [0.717, 1.165) is 19.5 Å². The fourth-order valence-electron chi connectivity index (χ4n) is 1.93. The lowest BCUT2D eigenvalue weighted by Gasteiger charge is -2.21. The van der Waals surface area contributed by atoms with E-state index < -0.39 is 0 Å². The third kappa shape index (κ3) is 1.72. The summed E-state index contributed by atoms with van der Waals surface area (Å²) in [5.74, 6) is 0.0955. The Bertz CT molecular complexity index is 383. The predicted molar refractivity (Wildman–Crippen MR) is 58.6 cm³/mol. The van der Waals surface area contributed by atoms with Crippen LogP contribution in [0.5, 0.6) is 0 Å². The average molecular weight is 205 g/mol. The molecule has 1 atom stereocenters. The Morgan fingerprint density at radius 3 is 3.07 bits per heavy atom. The second-order valence-electron chi connectivity index (χ2n) is 4.28. The number of carbonyl (C=O) groups is 1. The van der Waals surface area contributed by atoms with E-state index in [1.807, 2.05) is 6.92 Å². The summed E-state index contributed by atoms with van der Waals surface area (Å²) in [4.78, 5) is 16.2. The molecule has 0 spiro atoms. The largest absolute Gasteiger partial charge is 0.398 e. The second kappa shape index (κ2) is 3.62. The molecule has 1 aromatic rings. The van der Waals surface area contributed by atoms with E-state index in [1.165, 1.54) is 0 Å². The van der Waals surface area contributed by atoms with E-state index in [-0.39, 0.29) is 11.2 Å². The summed E-state index contributed by atoms with van der Waals surface area (Å²) in [6.07, 6.45) is 4.02. The lowest BCUT2D eigenvalue weighted by atomic mass is 9.81. The van der Waals surface area contributed by atoms with Crippen LogP contribution in [0, 0.1) is 5.41 Å². The van der Waals surface area contributed by atoms with E-state index in [0.29, 0.717) is 11.3 Å². The summed E-state index contributed by atoms with van der Waals surface area (Å²) in [5.41, 5.74) is 6.51. The Kier molecular flexibility index (Phi) is 2.44. The summed E-state index contributed by atoms with van der Waals surface area (Å²) in [5, 5.41) is 3.20. The van der Waals surface area contributed by atoms with Crippen molar-refractivity contribution in [2.24, 2.45) is 5.41 Å². The van der Waals surface area contributed by atoms with Gasteiger partial charge in [-0.15, -0.1) is 0 Å². The molecule has 1 aliphatic rings. The smallest absolute Gasteiger partial charge is 0.173 e. The van der Waals surface area contributed by atoms with E-state index in [9.17, 15) is 4.79 Å². The van der Waals surface area contributed by atoms with Crippen LogP contribution < -0.4 is 11.1 Å². The first-order valence-electron chi connectivity index (χ1n) is 5.08. The van der Waals surface area contributed by atoms with Gasteiger partial charge in [0.25, 0.3) is 0 Å². The number of nitrogen functional groups attached to an aromatic ring is 1. The van der Waals surface area contributed by atoms with Crippen LogP contribution in [0.1, 0.15) is 23.7 Å². The Morgan fingerprint density at radius 1 is 1.67 bits per heavy atom. The second-order valence-corrected chi connectivity index (χ2v) is 4.28. The number of ketones is 1. The minimum absolute atomic E-state index is 0.0955. The van der Waals surface area contributed by atoms with Crippen molar-refractivity contribution in [3.8, 4) is 0 Å². The molecule has 1 unspecified atom stereocenters. The highest BCUT2D eigenvalue weighted by Crippen LogP contribution is 2.30. The number of nitrogens with two attached hydrogens (primary N) is 1. The van der Waals surface area contributed by atoms with Gasteiger partial charge in [0, 0.05) is 30.0 Å². The van der Waals surface area contributed by atoms with E-state index in [4.69, 9.17) is 5.73 Å². The van der Waals surface area contributed by atoms with Gasteiger partial charge in [0.05, 0.1) is 5.56 Å². The van der Waals surface area contributed by atoms with Crippen molar-refractivity contribution in [1.29, 1.82) is 0 Å². The normalized spacial score (nSPS) is 25.4. The number of anilines is 1. The van der Waals surface area contributed by atoms with Crippen LogP contribution >= 0.6 is 0 Å². The molecule has 0 amide bonds. The molecule has 1 aromatic heterocycles. The fourth-order valence-corrected chi connectivity index (χ4v) is 1.93. The van der Waals surface area contributed by atoms with E-state index in [1.54, 1.807) is 18.5 Å². The van der Waals surface area contributed by atoms with Gasteiger partial charge in [0.2, 0.25) is 0 Å². The quantitative estimate of drug-likeness (QED) is 0.702. The average Bonchev–Trinajstić information content (AvgIpc) is 2.66. The third-order valence-electron chi connectivity index (χ3n) is 3.02. The maximum atomic E-state index is 12.2. The first-order chi connectivity index (χ1) is 7.13. The van der Waals surface area contributed by atoms with E-state index in [2.05, 4.69) is 10.3 Å². The van der Waals surface area contributed by atoms with Crippen molar-refractivity contribution >= 4 is 11.5 Å². The minimum Gasteiger partial charge on any atom is -0.398 e. The number of rotatable bonds is 2. The molecule has 0 aromatic carbocycles. The number of hydrogen-bond acceptors (Lipinski definition) is 4. The highest BCUT2D eigenvalue weighted by atomic mass is 16.1. The van der Waals surface area contributed by atoms with Gasteiger partial charge in [-0.3, -0.25) is 9.78 Å². The zero-order chi connectivity index (χ0) is 10.9. The summed E-state index contributed by atoms with van der Waals surface area (Å²) in [6.45, 7) is 3.59. The molecular weight excluding hydrogens is 190 g/mol. The number of Topliss-reactive ketones (excluding diaryl/α,β-unsaturated/α-hetero) is 1. The number of carbonyl (C=O) groups excluding carboxylic acids is 1. The molecule has 0 bridgehead atoms. The molecule has 1 fully saturated rings. The molecule has 0 aliphatic carbocycles. The molecule has 80 valence electrons. The van der Waals surface area contributed by atoms with Gasteiger partial charge in [-0.1, -0.05) is 6.92 Å². The van der Waals surface area contributed by atoms with Gasteiger partial charge in [-0.05, 0) is 19.0 Å². The summed E-state index contributed by atoms with van der Waals surface area (Å²) in [7, 11) is 0. The lowest BCUT2D eigenvalue weighted by Crippen LogP contribution is -2.30. The highest BCUT2D eigenvalue weighted by Gasteiger charge is 2.37. The topological polar surface area (TPSA) is 68.0 Å². The van der Waals surface area contributed by atoms with Crippen LogP contribution in [-0.2, 0) is 0 Å². The molecule has 1 aliphatic heterocycles. The van der Waals surface area contributed by atoms with Crippen molar-refractivity contribution < 1.29 is 4.79 Å². The third-order valence-corrected chi connectivity index (χ3v) is 3.02. The summed E-state index contributed by atoms with van der Waals surface area (Å²) in [6, 6.07) is 1.67. The molecule has 4 heteroatoms. The van der Waals surface area contributed by atoms with Gasteiger partial charge in [-0.25, -0.2) is 0 Å². The molecule has 2 heterocycles. The van der Waals surface area contributed by atoms with Gasteiger partial charge in [0.1, 0.15) is 0 Å². The standard InChI is InChI=1S/C11H15N3O/c1-11(3-5-14-7-11)10(15)8-6-13-4-2-9(8)12/h2,4,6,14H,3,5,7H2,1H3,(H2,12,13). The molecular formula is C11H15N3O. The first-order valence-corrected chi connectivity index (χ1v) is 5.08. The summed E-state index contributed by atoms with van der Waals surface area (Å²) >= 11 is 0. The van der Waals surface area contributed by atoms with Crippen molar-refractivity contribution in [2.75, 3.05) is 18.8 Å². The maximum Gasteiger partial charge on any atom is 0.173 e. The van der Waals surface area contributed by atoms with Gasteiger partial charge < -0.3 is 11.1 Å². The van der Waals surface area contributed by atoms with Crippen molar-refractivity contribution in [3.63, 3.8) is 0 Å². The maximum absolute atomic E-state index is 12.2. The molecule has 4 nitrogen and oxygen atoms in total. The molecule has 1 saturated heterocycles. The molecule has 2 rings (SSSR count). The van der Waals surface area contributed by atoms with Gasteiger partial charge in [-0.2, -0.15) is 0 Å². The Labute approximate surface area is 88.9 Å². The highest BCUT2D eigenvalue weighted by molar-refractivity contribution is 6.04. The first kappa shape index (κ1) is 10.1. The van der Waals surface area contributed by atoms with Crippen molar-refractivity contribution in [3.05, 3.63) is 24.0 Å². The van der Waals surface area contributed by atoms with Gasteiger partial charge in [0.15, 0.2) is 5.78 Å². The summed E-state index contributed by atoms with van der Waals surface area (Å²) < 4.78 is 0. The fraction of sp³-hybridized carbons (Fsp3) is 0.455. The molecule has 3 N–H and O–H groups in total. The molecule has 0 saturated carbocycles. The van der Waals surface area contributed by atoms with E-state index >= 15 is 0 Å². The SMILES string of the molecule is CC1(C(=O)c2cnccc2N)CCNC1. The van der Waals surface area contributed by atoms with Crippen LogP contribution in [0.2, 0.25) is 0 Å². The Morgan fingerprint density at radius 2 is 2.47 bits per heavy atom. The van der Waals surface area contributed by atoms with Crippen molar-refractivity contribution in [1.82, 2.24) is 10.3 Å². The van der Waals surface area contributed by atoms with Gasteiger partial charge >= 0.3 is 0 Å².